The number of hydrogen-bond donors (Lipinski definition) is 0. The Morgan fingerprint density at radius 3 is 2.00 bits per heavy atom. The lowest BCUT2D eigenvalue weighted by molar-refractivity contribution is -0.143. The van der Waals surface area contributed by atoms with E-state index in [1.165, 1.54) is 0 Å². The molecule has 82 valence electrons. The van der Waals surface area contributed by atoms with Crippen molar-refractivity contribution in [1.82, 2.24) is 4.90 Å². The first-order valence-corrected chi connectivity index (χ1v) is 5.13. The highest BCUT2D eigenvalue weighted by Crippen LogP contribution is 2.37. The fourth-order valence-electron chi connectivity index (χ4n) is 2.45. The molecule has 3 heteroatoms. The first-order chi connectivity index (χ1) is 6.29. The van der Waals surface area contributed by atoms with Gasteiger partial charge in [0.05, 0.1) is 0 Å². The number of piperidine rings is 1. The van der Waals surface area contributed by atoms with Gasteiger partial charge in [0, 0.05) is 23.9 Å². The van der Waals surface area contributed by atoms with E-state index in [2.05, 4.69) is 39.6 Å². The van der Waals surface area contributed by atoms with E-state index in [1.54, 1.807) is 0 Å². The summed E-state index contributed by atoms with van der Waals surface area (Å²) in [5.74, 6) is 0. The van der Waals surface area contributed by atoms with Crippen molar-refractivity contribution >= 4 is 6.47 Å². The Hall–Kier alpha value is -0.570. The van der Waals surface area contributed by atoms with Gasteiger partial charge in [-0.25, -0.2) is 0 Å². The molecule has 0 atom stereocenters. The molecule has 0 N–H and O–H groups in total. The molecule has 0 unspecified atom stereocenters. The maximum Gasteiger partial charge on any atom is 0.293 e. The van der Waals surface area contributed by atoms with Crippen LogP contribution in [-0.2, 0) is 9.53 Å². The van der Waals surface area contributed by atoms with Crippen molar-refractivity contribution in [1.29, 1.82) is 0 Å². The van der Waals surface area contributed by atoms with Crippen molar-refractivity contribution in [2.45, 2.75) is 57.7 Å². The van der Waals surface area contributed by atoms with Crippen LogP contribution in [0.25, 0.3) is 0 Å². The number of likely N-dealkylation sites (tertiary alicyclic amines) is 1. The number of carbonyl (C=O) groups is 1. The lowest BCUT2D eigenvalue weighted by atomic mass is 9.79. The molecule has 0 saturated carbocycles. The molecule has 14 heavy (non-hydrogen) atoms. The highest BCUT2D eigenvalue weighted by atomic mass is 16.5. The topological polar surface area (TPSA) is 29.5 Å². The lowest BCUT2D eigenvalue weighted by Crippen LogP contribution is -2.60. The number of carbonyl (C=O) groups excluding carboxylic acids is 1. The van der Waals surface area contributed by atoms with Gasteiger partial charge in [-0.05, 0) is 34.7 Å². The van der Waals surface area contributed by atoms with Crippen molar-refractivity contribution in [3.05, 3.63) is 0 Å². The number of nitrogens with zero attached hydrogens (tertiary/aromatic N) is 1. The van der Waals surface area contributed by atoms with Crippen LogP contribution in [0.15, 0.2) is 0 Å². The zero-order chi connectivity index (χ0) is 11.0. The third-order valence-corrected chi connectivity index (χ3v) is 3.52. The van der Waals surface area contributed by atoms with Gasteiger partial charge in [0.2, 0.25) is 0 Å². The molecule has 0 bridgehead atoms. The maximum atomic E-state index is 10.3. The molecule has 1 rings (SSSR count). The fourth-order valence-corrected chi connectivity index (χ4v) is 2.45. The molecule has 0 aromatic heterocycles. The molecular weight excluding hydrogens is 178 g/mol. The molecule has 1 heterocycles. The first-order valence-electron chi connectivity index (χ1n) is 5.13. The molecule has 0 aromatic rings. The van der Waals surface area contributed by atoms with E-state index in [0.29, 0.717) is 6.47 Å². The molecule has 0 aliphatic carbocycles. The second-order valence-electron chi connectivity index (χ2n) is 5.45. The molecule has 3 nitrogen and oxygen atoms in total. The predicted molar refractivity (Wildman–Crippen MR) is 56.1 cm³/mol. The van der Waals surface area contributed by atoms with Crippen molar-refractivity contribution < 1.29 is 9.53 Å². The van der Waals surface area contributed by atoms with Gasteiger partial charge in [0.25, 0.3) is 6.47 Å². The van der Waals surface area contributed by atoms with Gasteiger partial charge in [-0.1, -0.05) is 0 Å². The van der Waals surface area contributed by atoms with E-state index in [0.717, 1.165) is 12.8 Å². The molecule has 1 aliphatic rings. The van der Waals surface area contributed by atoms with Crippen molar-refractivity contribution in [2.75, 3.05) is 7.05 Å². The third-order valence-electron chi connectivity index (χ3n) is 3.52. The second kappa shape index (κ2) is 3.54. The van der Waals surface area contributed by atoms with E-state index in [4.69, 9.17) is 4.74 Å². The van der Waals surface area contributed by atoms with Crippen LogP contribution in [0.2, 0.25) is 0 Å². The van der Waals surface area contributed by atoms with Crippen LogP contribution < -0.4 is 0 Å². The molecular formula is C11H21NO2. The minimum Gasteiger partial charge on any atom is -0.464 e. The largest absolute Gasteiger partial charge is 0.464 e. The van der Waals surface area contributed by atoms with Crippen LogP contribution in [0.4, 0.5) is 0 Å². The maximum absolute atomic E-state index is 10.3. The van der Waals surface area contributed by atoms with E-state index in [-0.39, 0.29) is 17.2 Å². The summed E-state index contributed by atoms with van der Waals surface area (Å²) >= 11 is 0. The standard InChI is InChI=1S/C11H21NO2/c1-10(2)6-9(14-8-13)7-11(3,4)12(10)5/h8-9H,6-7H2,1-5H3. The molecule has 0 radical (unpaired) electrons. The minimum atomic E-state index is 0.0636. The molecule has 1 fully saturated rings. The van der Waals surface area contributed by atoms with Gasteiger partial charge >= 0.3 is 0 Å². The van der Waals surface area contributed by atoms with Crippen LogP contribution >= 0.6 is 0 Å². The summed E-state index contributed by atoms with van der Waals surface area (Å²) in [6.07, 6.45) is 1.88. The normalized spacial score (nSPS) is 27.2. The van der Waals surface area contributed by atoms with Crippen LogP contribution in [0, 0.1) is 0 Å². The summed E-state index contributed by atoms with van der Waals surface area (Å²) in [4.78, 5) is 12.7. The Labute approximate surface area is 86.4 Å². The van der Waals surface area contributed by atoms with Gasteiger partial charge in [-0.15, -0.1) is 0 Å². The van der Waals surface area contributed by atoms with Gasteiger partial charge in [-0.2, -0.15) is 0 Å². The van der Waals surface area contributed by atoms with E-state index in [1.807, 2.05) is 0 Å². The van der Waals surface area contributed by atoms with Crippen molar-refractivity contribution in [3.63, 3.8) is 0 Å². The van der Waals surface area contributed by atoms with Gasteiger partial charge in [0.1, 0.15) is 6.10 Å². The number of rotatable bonds is 2. The smallest absolute Gasteiger partial charge is 0.293 e. The number of ether oxygens (including phenoxy) is 1. The summed E-state index contributed by atoms with van der Waals surface area (Å²) in [6, 6.07) is 0. The summed E-state index contributed by atoms with van der Waals surface area (Å²) < 4.78 is 5.10. The predicted octanol–water partition coefficient (Wildman–Crippen LogP) is 1.81. The van der Waals surface area contributed by atoms with Gasteiger partial charge in [-0.3, -0.25) is 9.69 Å². The summed E-state index contributed by atoms with van der Waals surface area (Å²) in [5.41, 5.74) is 0.185. The Balaban J connectivity index is 2.80. The highest BCUT2D eigenvalue weighted by Gasteiger charge is 2.43. The lowest BCUT2D eigenvalue weighted by Gasteiger charge is -2.52. The Bertz CT molecular complexity index is 205. The van der Waals surface area contributed by atoms with Crippen molar-refractivity contribution in [2.24, 2.45) is 0 Å². The van der Waals surface area contributed by atoms with Gasteiger partial charge < -0.3 is 4.74 Å². The molecule has 1 aliphatic heterocycles. The van der Waals surface area contributed by atoms with Crippen molar-refractivity contribution in [3.8, 4) is 0 Å². The molecule has 0 amide bonds. The minimum absolute atomic E-state index is 0.0636. The zero-order valence-corrected chi connectivity index (χ0v) is 9.83. The van der Waals surface area contributed by atoms with Crippen LogP contribution in [-0.4, -0.2) is 35.6 Å². The zero-order valence-electron chi connectivity index (χ0n) is 9.83. The van der Waals surface area contributed by atoms with E-state index < -0.39 is 0 Å². The monoisotopic (exact) mass is 199 g/mol. The summed E-state index contributed by atoms with van der Waals surface area (Å²) in [6.45, 7) is 9.33. The third kappa shape index (κ3) is 2.08. The highest BCUT2D eigenvalue weighted by molar-refractivity contribution is 5.37. The van der Waals surface area contributed by atoms with E-state index >= 15 is 0 Å². The van der Waals surface area contributed by atoms with E-state index in [9.17, 15) is 4.79 Å². The average Bonchev–Trinajstić information content (AvgIpc) is 1.99. The molecule has 0 aromatic carbocycles. The van der Waals surface area contributed by atoms with Crippen LogP contribution in [0.3, 0.4) is 0 Å². The number of hydrogen-bond acceptors (Lipinski definition) is 3. The average molecular weight is 199 g/mol. The summed E-state index contributed by atoms with van der Waals surface area (Å²) in [7, 11) is 2.14. The Morgan fingerprint density at radius 2 is 1.64 bits per heavy atom. The Morgan fingerprint density at radius 1 is 1.21 bits per heavy atom. The van der Waals surface area contributed by atoms with Crippen LogP contribution in [0.1, 0.15) is 40.5 Å². The second-order valence-corrected chi connectivity index (χ2v) is 5.45. The molecule has 0 spiro atoms. The fraction of sp³-hybridized carbons (Fsp3) is 0.909. The first kappa shape index (κ1) is 11.5. The van der Waals surface area contributed by atoms with Gasteiger partial charge in [0.15, 0.2) is 0 Å². The summed E-state index contributed by atoms with van der Waals surface area (Å²) in [5, 5.41) is 0. The Kier molecular flexibility index (Phi) is 2.91. The van der Waals surface area contributed by atoms with Crippen LogP contribution in [0.5, 0.6) is 0 Å². The SMILES string of the molecule is CN1C(C)(C)CC(OC=O)CC1(C)C. The quantitative estimate of drug-likeness (QED) is 0.635. The molecule has 1 saturated heterocycles.